The molecule has 0 heterocycles. The topological polar surface area (TPSA) is 3.24 Å². The van der Waals surface area contributed by atoms with Crippen molar-refractivity contribution in [2.24, 2.45) is 5.92 Å². The van der Waals surface area contributed by atoms with Gasteiger partial charge in [-0.05, 0) is 33.0 Å². The van der Waals surface area contributed by atoms with Gasteiger partial charge >= 0.3 is 0 Å². The van der Waals surface area contributed by atoms with Gasteiger partial charge in [-0.25, -0.2) is 0 Å². The zero-order chi connectivity index (χ0) is 8.81. The lowest BCUT2D eigenvalue weighted by atomic mass is 9.97. The third kappa shape index (κ3) is 4.10. The van der Waals surface area contributed by atoms with E-state index in [9.17, 15) is 0 Å². The van der Waals surface area contributed by atoms with Crippen LogP contribution in [0.15, 0.2) is 0 Å². The zero-order valence-electron chi connectivity index (χ0n) is 8.68. The van der Waals surface area contributed by atoms with E-state index < -0.39 is 0 Å². The molecular weight excluding hydrogens is 146 g/mol. The van der Waals surface area contributed by atoms with Crippen LogP contribution in [0.5, 0.6) is 0 Å². The Labute approximate surface area is 77.1 Å². The first-order valence-electron chi connectivity index (χ1n) is 5.44. The normalized spacial score (nSPS) is 21.2. The summed E-state index contributed by atoms with van der Waals surface area (Å²) in [6, 6.07) is 0. The molecule has 1 aliphatic carbocycles. The second-order valence-electron chi connectivity index (χ2n) is 4.45. The van der Waals surface area contributed by atoms with E-state index in [4.69, 9.17) is 0 Å². The average molecular weight is 169 g/mol. The third-order valence-corrected chi connectivity index (χ3v) is 2.96. The molecule has 0 atom stereocenters. The standard InChI is InChI=1S/C11H23N/c1-12(2)10-9-11-7-5-3-4-6-8-11/h11H,3-10H2,1-2H3. The number of hydrogen-bond acceptors (Lipinski definition) is 1. The molecule has 0 radical (unpaired) electrons. The molecule has 1 saturated carbocycles. The highest BCUT2D eigenvalue weighted by molar-refractivity contribution is 4.65. The Hall–Kier alpha value is -0.0400. The zero-order valence-corrected chi connectivity index (χ0v) is 8.68. The molecule has 12 heavy (non-hydrogen) atoms. The Kier molecular flexibility index (Phi) is 4.67. The van der Waals surface area contributed by atoms with Gasteiger partial charge in [0.15, 0.2) is 0 Å². The van der Waals surface area contributed by atoms with E-state index in [0.29, 0.717) is 0 Å². The maximum absolute atomic E-state index is 2.31. The van der Waals surface area contributed by atoms with E-state index >= 15 is 0 Å². The van der Waals surface area contributed by atoms with Gasteiger partial charge < -0.3 is 4.90 Å². The van der Waals surface area contributed by atoms with Crippen molar-refractivity contribution in [3.63, 3.8) is 0 Å². The van der Waals surface area contributed by atoms with Gasteiger partial charge in [0.1, 0.15) is 0 Å². The molecule has 0 aromatic carbocycles. The minimum absolute atomic E-state index is 1.04. The van der Waals surface area contributed by atoms with Gasteiger partial charge in [0.25, 0.3) is 0 Å². The van der Waals surface area contributed by atoms with E-state index in [-0.39, 0.29) is 0 Å². The number of rotatable bonds is 3. The molecule has 0 unspecified atom stereocenters. The molecule has 0 aromatic heterocycles. The van der Waals surface area contributed by atoms with E-state index in [1.807, 2.05) is 0 Å². The molecule has 0 N–H and O–H groups in total. The molecule has 1 rings (SSSR count). The van der Waals surface area contributed by atoms with Crippen LogP contribution in [0.25, 0.3) is 0 Å². The quantitative estimate of drug-likeness (QED) is 0.587. The Morgan fingerprint density at radius 2 is 1.58 bits per heavy atom. The van der Waals surface area contributed by atoms with Crippen molar-refractivity contribution in [2.75, 3.05) is 20.6 Å². The average Bonchev–Trinajstić information content (AvgIpc) is 2.28. The van der Waals surface area contributed by atoms with Crippen molar-refractivity contribution in [1.82, 2.24) is 4.90 Å². The predicted octanol–water partition coefficient (Wildman–Crippen LogP) is 2.91. The van der Waals surface area contributed by atoms with Gasteiger partial charge in [-0.1, -0.05) is 38.5 Å². The molecule has 0 bridgehead atoms. The van der Waals surface area contributed by atoms with E-state index in [2.05, 4.69) is 19.0 Å². The van der Waals surface area contributed by atoms with Crippen LogP contribution in [0.3, 0.4) is 0 Å². The summed E-state index contributed by atoms with van der Waals surface area (Å²) < 4.78 is 0. The van der Waals surface area contributed by atoms with E-state index in [1.165, 1.54) is 51.5 Å². The van der Waals surface area contributed by atoms with E-state index in [1.54, 1.807) is 0 Å². The Morgan fingerprint density at radius 3 is 2.08 bits per heavy atom. The largest absolute Gasteiger partial charge is 0.309 e. The summed E-state index contributed by atoms with van der Waals surface area (Å²) in [5, 5.41) is 0. The van der Waals surface area contributed by atoms with Crippen LogP contribution in [0.4, 0.5) is 0 Å². The molecule has 1 heteroatoms. The second kappa shape index (κ2) is 5.58. The molecule has 1 aliphatic rings. The van der Waals surface area contributed by atoms with Gasteiger partial charge in [-0.3, -0.25) is 0 Å². The van der Waals surface area contributed by atoms with Gasteiger partial charge in [-0.2, -0.15) is 0 Å². The van der Waals surface area contributed by atoms with Crippen LogP contribution < -0.4 is 0 Å². The van der Waals surface area contributed by atoms with Gasteiger partial charge in [0.2, 0.25) is 0 Å². The van der Waals surface area contributed by atoms with E-state index in [0.717, 1.165) is 5.92 Å². The summed E-state index contributed by atoms with van der Waals surface area (Å²) in [7, 11) is 4.35. The van der Waals surface area contributed by atoms with Crippen molar-refractivity contribution in [2.45, 2.75) is 44.9 Å². The highest BCUT2D eigenvalue weighted by Crippen LogP contribution is 2.25. The minimum Gasteiger partial charge on any atom is -0.309 e. The summed E-state index contributed by atoms with van der Waals surface area (Å²) in [6.45, 7) is 1.28. The fourth-order valence-electron chi connectivity index (χ4n) is 2.09. The summed E-state index contributed by atoms with van der Waals surface area (Å²) in [5.74, 6) is 1.04. The first kappa shape index (κ1) is 10.0. The lowest BCUT2D eigenvalue weighted by molar-refractivity contribution is 0.330. The van der Waals surface area contributed by atoms with Gasteiger partial charge in [0, 0.05) is 0 Å². The van der Waals surface area contributed by atoms with Crippen LogP contribution in [-0.4, -0.2) is 25.5 Å². The monoisotopic (exact) mass is 169 g/mol. The van der Waals surface area contributed by atoms with Crippen molar-refractivity contribution >= 4 is 0 Å². The molecule has 1 fully saturated rings. The summed E-state index contributed by atoms with van der Waals surface area (Å²) in [6.07, 6.45) is 10.3. The van der Waals surface area contributed by atoms with Crippen molar-refractivity contribution in [3.8, 4) is 0 Å². The highest BCUT2D eigenvalue weighted by Gasteiger charge is 2.11. The number of hydrogen-bond donors (Lipinski definition) is 0. The molecule has 0 aromatic rings. The summed E-state index contributed by atoms with van der Waals surface area (Å²) >= 11 is 0. The van der Waals surface area contributed by atoms with Crippen LogP contribution in [-0.2, 0) is 0 Å². The minimum atomic E-state index is 1.04. The van der Waals surface area contributed by atoms with Crippen LogP contribution >= 0.6 is 0 Å². The Morgan fingerprint density at radius 1 is 1.00 bits per heavy atom. The highest BCUT2D eigenvalue weighted by atomic mass is 15.0. The summed E-state index contributed by atoms with van der Waals surface area (Å²) in [4.78, 5) is 2.31. The molecular formula is C11H23N. The van der Waals surface area contributed by atoms with Gasteiger partial charge in [-0.15, -0.1) is 0 Å². The Bertz CT molecular complexity index is 102. The fourth-order valence-corrected chi connectivity index (χ4v) is 2.09. The SMILES string of the molecule is CN(C)CCC1CCCCCC1. The second-order valence-corrected chi connectivity index (χ2v) is 4.45. The molecule has 72 valence electrons. The lowest BCUT2D eigenvalue weighted by Crippen LogP contribution is -2.16. The van der Waals surface area contributed by atoms with Crippen LogP contribution in [0, 0.1) is 5.92 Å². The Balaban J connectivity index is 2.12. The molecule has 0 saturated heterocycles. The van der Waals surface area contributed by atoms with Gasteiger partial charge in [0.05, 0.1) is 0 Å². The predicted molar refractivity (Wildman–Crippen MR) is 54.4 cm³/mol. The number of nitrogens with zero attached hydrogens (tertiary/aromatic N) is 1. The van der Waals surface area contributed by atoms with Crippen molar-refractivity contribution < 1.29 is 0 Å². The van der Waals surface area contributed by atoms with Crippen molar-refractivity contribution in [3.05, 3.63) is 0 Å². The molecule has 0 spiro atoms. The van der Waals surface area contributed by atoms with Crippen LogP contribution in [0.2, 0.25) is 0 Å². The third-order valence-electron chi connectivity index (χ3n) is 2.96. The fraction of sp³-hybridized carbons (Fsp3) is 1.00. The molecule has 1 nitrogen and oxygen atoms in total. The maximum Gasteiger partial charge on any atom is -0.00222 e. The first-order chi connectivity index (χ1) is 5.79. The van der Waals surface area contributed by atoms with Crippen LogP contribution in [0.1, 0.15) is 44.9 Å². The molecule has 0 aliphatic heterocycles. The summed E-state index contributed by atoms with van der Waals surface area (Å²) in [5.41, 5.74) is 0. The maximum atomic E-state index is 2.31. The lowest BCUT2D eigenvalue weighted by Gasteiger charge is -2.16. The first-order valence-corrected chi connectivity index (χ1v) is 5.44. The smallest absolute Gasteiger partial charge is 0.00222 e. The molecule has 0 amide bonds. The van der Waals surface area contributed by atoms with Crippen molar-refractivity contribution in [1.29, 1.82) is 0 Å².